The highest BCUT2D eigenvalue weighted by Crippen LogP contribution is 2.38. The van der Waals surface area contributed by atoms with Crippen molar-refractivity contribution in [3.05, 3.63) is 86.2 Å². The molecule has 2 aromatic carbocycles. The molecule has 2 amide bonds. The lowest BCUT2D eigenvalue weighted by Crippen LogP contribution is -2.49. The second-order valence-electron chi connectivity index (χ2n) is 11.6. The van der Waals surface area contributed by atoms with E-state index in [-0.39, 0.29) is 52.1 Å². The minimum absolute atomic E-state index is 0.00169. The molecule has 0 unspecified atom stereocenters. The van der Waals surface area contributed by atoms with Crippen molar-refractivity contribution in [1.29, 1.82) is 0 Å². The highest BCUT2D eigenvalue weighted by Gasteiger charge is 2.29. The van der Waals surface area contributed by atoms with Crippen molar-refractivity contribution in [3.8, 4) is 0 Å². The number of piperazine rings is 1. The van der Waals surface area contributed by atoms with E-state index in [1.165, 1.54) is 6.20 Å². The molecule has 3 heterocycles. The number of aryl methyl sites for hydroxylation is 1. The van der Waals surface area contributed by atoms with E-state index < -0.39 is 22.8 Å². The van der Waals surface area contributed by atoms with Crippen LogP contribution in [0.2, 0.25) is 0 Å². The van der Waals surface area contributed by atoms with Gasteiger partial charge in [-0.2, -0.15) is 0 Å². The molecule has 4 aromatic rings. The van der Waals surface area contributed by atoms with Crippen molar-refractivity contribution in [2.24, 2.45) is 0 Å². The van der Waals surface area contributed by atoms with Crippen LogP contribution in [-0.2, 0) is 9.59 Å². The van der Waals surface area contributed by atoms with Crippen LogP contribution in [0.5, 0.6) is 0 Å². The zero-order valence-electron chi connectivity index (χ0n) is 25.4. The van der Waals surface area contributed by atoms with E-state index in [0.717, 1.165) is 42.3 Å². The molecule has 0 spiro atoms. The van der Waals surface area contributed by atoms with E-state index in [1.807, 2.05) is 28.9 Å². The van der Waals surface area contributed by atoms with Gasteiger partial charge in [0.1, 0.15) is 17.2 Å². The first-order valence-electron chi connectivity index (χ1n) is 15.0. The summed E-state index contributed by atoms with van der Waals surface area (Å²) in [6.07, 6.45) is 3.05. The lowest BCUT2D eigenvalue weighted by molar-refractivity contribution is -0.117. The molecule has 244 valence electrons. The summed E-state index contributed by atoms with van der Waals surface area (Å²) in [6, 6.07) is 11.3. The number of hydrogen-bond donors (Lipinski definition) is 4. The maximum absolute atomic E-state index is 15.3. The van der Waals surface area contributed by atoms with Crippen molar-refractivity contribution in [3.63, 3.8) is 0 Å². The van der Waals surface area contributed by atoms with Crippen molar-refractivity contribution < 1.29 is 23.9 Å². The van der Waals surface area contributed by atoms with E-state index in [1.54, 1.807) is 22.8 Å². The number of rotatable bonds is 10. The normalized spacial score (nSPS) is 15.1. The number of aromatic amines is 1. The van der Waals surface area contributed by atoms with Crippen LogP contribution in [-0.4, -0.2) is 80.8 Å². The first-order chi connectivity index (χ1) is 22.5. The van der Waals surface area contributed by atoms with E-state index >= 15 is 4.39 Å². The largest absolute Gasteiger partial charge is 0.477 e. The minimum atomic E-state index is -1.34. The maximum atomic E-state index is 15.3. The number of hydrogen-bond acceptors (Lipinski definition) is 9. The summed E-state index contributed by atoms with van der Waals surface area (Å²) in [5.41, 5.74) is 0.958. The summed E-state index contributed by atoms with van der Waals surface area (Å²) in [5, 5.41) is 15.1. The van der Waals surface area contributed by atoms with Gasteiger partial charge in [0.25, 0.3) is 5.56 Å². The van der Waals surface area contributed by atoms with Gasteiger partial charge in [-0.05, 0) is 44.0 Å². The Labute approximate surface area is 271 Å². The van der Waals surface area contributed by atoms with Gasteiger partial charge < -0.3 is 30.2 Å². The molecule has 15 heteroatoms. The lowest BCUT2D eigenvalue weighted by Gasteiger charge is -2.36. The van der Waals surface area contributed by atoms with Gasteiger partial charge in [-0.3, -0.25) is 24.1 Å². The number of thioether (sulfide) groups is 1. The van der Waals surface area contributed by atoms with Crippen molar-refractivity contribution in [2.45, 2.75) is 31.0 Å². The molecule has 2 aromatic heterocycles. The van der Waals surface area contributed by atoms with Crippen LogP contribution in [0.25, 0.3) is 10.9 Å². The zero-order valence-corrected chi connectivity index (χ0v) is 26.2. The number of carbonyl (C=O) groups excluding carboxylic acids is 2. The monoisotopic (exact) mass is 661 g/mol. The standard InChI is InChI=1S/C32H32FN7O6S/c1-18-2-4-19(5-3-18)34-29(43)17-47-32-36-26(14-27(41)37-32)35-28(42)16-38-8-10-39(11-9-38)25-13-24-21(12-23(25)33)30(44)22(31(45)46)15-40(24)20-6-7-20/h2-5,12-15,20H,6-11,16-17H2,1H3,(H,34,43)(H,45,46)(H2,35,36,37,41,42). The highest BCUT2D eigenvalue weighted by atomic mass is 32.2. The Balaban J connectivity index is 1.05. The second-order valence-corrected chi connectivity index (χ2v) is 12.6. The van der Waals surface area contributed by atoms with Crippen LogP contribution in [0.3, 0.4) is 0 Å². The van der Waals surface area contributed by atoms with Gasteiger partial charge >= 0.3 is 5.97 Å². The summed E-state index contributed by atoms with van der Waals surface area (Å²) < 4.78 is 17.1. The average molecular weight is 662 g/mol. The molecule has 0 atom stereocenters. The number of H-pyrrole nitrogens is 1. The zero-order chi connectivity index (χ0) is 33.2. The Bertz CT molecular complexity index is 1990. The Morgan fingerprint density at radius 3 is 2.43 bits per heavy atom. The molecule has 1 aliphatic heterocycles. The van der Waals surface area contributed by atoms with Gasteiger partial charge in [0, 0.05) is 55.6 Å². The summed E-state index contributed by atoms with van der Waals surface area (Å²) in [5.74, 6) is -2.56. The van der Waals surface area contributed by atoms with Crippen LogP contribution < -0.4 is 26.5 Å². The fourth-order valence-electron chi connectivity index (χ4n) is 5.48. The summed E-state index contributed by atoms with van der Waals surface area (Å²) >= 11 is 1.03. The number of carboxylic acids is 1. The molecule has 0 radical (unpaired) electrons. The molecular formula is C32H32FN7O6S. The molecule has 1 saturated carbocycles. The number of pyridine rings is 1. The Morgan fingerprint density at radius 1 is 1.02 bits per heavy atom. The van der Waals surface area contributed by atoms with Crippen molar-refractivity contribution >= 4 is 57.6 Å². The van der Waals surface area contributed by atoms with Crippen LogP contribution in [0.1, 0.15) is 34.8 Å². The third-order valence-corrected chi connectivity index (χ3v) is 8.89. The molecule has 1 saturated heterocycles. The number of aromatic carboxylic acids is 1. The number of amides is 2. The summed E-state index contributed by atoms with van der Waals surface area (Å²) in [6.45, 7) is 3.67. The number of carbonyl (C=O) groups is 3. The predicted molar refractivity (Wildman–Crippen MR) is 176 cm³/mol. The van der Waals surface area contributed by atoms with Gasteiger partial charge in [-0.25, -0.2) is 14.2 Å². The van der Waals surface area contributed by atoms with Crippen LogP contribution in [0.15, 0.2) is 63.4 Å². The third kappa shape index (κ3) is 7.52. The van der Waals surface area contributed by atoms with Gasteiger partial charge in [-0.15, -0.1) is 0 Å². The quantitative estimate of drug-likeness (QED) is 0.146. The van der Waals surface area contributed by atoms with Gasteiger partial charge in [0.15, 0.2) is 5.16 Å². The number of halogens is 1. The average Bonchev–Trinajstić information content (AvgIpc) is 3.87. The highest BCUT2D eigenvalue weighted by molar-refractivity contribution is 7.99. The van der Waals surface area contributed by atoms with Gasteiger partial charge in [0.05, 0.1) is 23.5 Å². The van der Waals surface area contributed by atoms with E-state index in [2.05, 4.69) is 20.6 Å². The number of carboxylic acid groups (broad SMARTS) is 1. The molecule has 2 fully saturated rings. The molecule has 1 aliphatic carbocycles. The van der Waals surface area contributed by atoms with Crippen LogP contribution in [0, 0.1) is 12.7 Å². The fraction of sp³-hybridized carbons (Fsp3) is 0.312. The SMILES string of the molecule is Cc1ccc(NC(=O)CSc2nc(NC(=O)CN3CCN(c4cc5c(cc4F)c(=O)c(C(=O)O)cn5C4CC4)CC3)cc(=O)[nH]2)cc1. The molecule has 0 bridgehead atoms. The van der Waals surface area contributed by atoms with Crippen molar-refractivity contribution in [1.82, 2.24) is 19.4 Å². The number of aromatic nitrogens is 3. The molecule has 2 aliphatic rings. The summed E-state index contributed by atoms with van der Waals surface area (Å²) in [4.78, 5) is 72.3. The number of nitrogens with zero attached hydrogens (tertiary/aromatic N) is 4. The number of benzene rings is 2. The smallest absolute Gasteiger partial charge is 0.341 e. The van der Waals surface area contributed by atoms with Crippen LogP contribution in [0.4, 0.5) is 21.6 Å². The molecule has 13 nitrogen and oxygen atoms in total. The van der Waals surface area contributed by atoms with E-state index in [0.29, 0.717) is 43.1 Å². The molecular weight excluding hydrogens is 629 g/mol. The van der Waals surface area contributed by atoms with Gasteiger partial charge in [0.2, 0.25) is 17.2 Å². The maximum Gasteiger partial charge on any atom is 0.341 e. The number of anilines is 3. The number of nitrogens with one attached hydrogen (secondary N) is 3. The number of fused-ring (bicyclic) bond motifs is 1. The topological polar surface area (TPSA) is 170 Å². The molecule has 47 heavy (non-hydrogen) atoms. The Morgan fingerprint density at radius 2 is 1.74 bits per heavy atom. The fourth-order valence-corrected chi connectivity index (χ4v) is 6.15. The van der Waals surface area contributed by atoms with E-state index in [4.69, 9.17) is 0 Å². The van der Waals surface area contributed by atoms with Gasteiger partial charge in [-0.1, -0.05) is 29.5 Å². The summed E-state index contributed by atoms with van der Waals surface area (Å²) in [7, 11) is 0. The second kappa shape index (κ2) is 13.4. The van der Waals surface area contributed by atoms with Crippen LogP contribution >= 0.6 is 11.8 Å². The minimum Gasteiger partial charge on any atom is -0.477 e. The first-order valence-corrected chi connectivity index (χ1v) is 16.0. The third-order valence-electron chi connectivity index (χ3n) is 8.01. The molecule has 4 N–H and O–H groups in total. The Kier molecular flexibility index (Phi) is 9.09. The molecule has 6 rings (SSSR count). The Hall–Kier alpha value is -5.02. The predicted octanol–water partition coefficient (Wildman–Crippen LogP) is 3.06. The van der Waals surface area contributed by atoms with Crippen molar-refractivity contribution in [2.75, 3.05) is 54.0 Å². The lowest BCUT2D eigenvalue weighted by atomic mass is 10.1. The first kappa shape index (κ1) is 31.9. The van der Waals surface area contributed by atoms with E-state index in [9.17, 15) is 29.1 Å².